The van der Waals surface area contributed by atoms with Gasteiger partial charge in [-0.25, -0.2) is 13.2 Å². The van der Waals surface area contributed by atoms with Gasteiger partial charge >= 0.3 is 10.1 Å². The van der Waals surface area contributed by atoms with Crippen LogP contribution in [0.1, 0.15) is 0 Å². The van der Waals surface area contributed by atoms with Crippen LogP contribution in [0.3, 0.4) is 0 Å². The first-order chi connectivity index (χ1) is 8.90. The zero-order valence-corrected chi connectivity index (χ0v) is 10.1. The van der Waals surface area contributed by atoms with Crippen molar-refractivity contribution < 1.29 is 25.8 Å². The monoisotopic (exact) mass is 288 g/mol. The first-order valence-corrected chi connectivity index (χ1v) is 6.45. The quantitative estimate of drug-likeness (QED) is 0.816. The van der Waals surface area contributed by atoms with Gasteiger partial charge < -0.3 is 4.18 Å². The molecule has 0 fully saturated rings. The summed E-state index contributed by atoms with van der Waals surface area (Å²) in [4.78, 5) is -0.681. The van der Waals surface area contributed by atoms with Crippen molar-refractivity contribution in [3.05, 3.63) is 59.9 Å². The van der Waals surface area contributed by atoms with Gasteiger partial charge in [0.1, 0.15) is 16.5 Å². The normalized spacial score (nSPS) is 11.3. The molecule has 0 bridgehead atoms. The van der Waals surface area contributed by atoms with Crippen LogP contribution in [0.2, 0.25) is 0 Å². The van der Waals surface area contributed by atoms with Gasteiger partial charge in [-0.05, 0) is 24.3 Å². The van der Waals surface area contributed by atoms with Gasteiger partial charge in [-0.1, -0.05) is 12.1 Å². The number of benzene rings is 2. The molecule has 0 heterocycles. The minimum atomic E-state index is -4.44. The molecule has 0 N–H and O–H groups in total. The summed E-state index contributed by atoms with van der Waals surface area (Å²) >= 11 is 0. The number of halogens is 3. The summed E-state index contributed by atoms with van der Waals surface area (Å²) in [5, 5.41) is 0. The predicted molar refractivity (Wildman–Crippen MR) is 60.6 cm³/mol. The fourth-order valence-corrected chi connectivity index (χ4v) is 2.35. The van der Waals surface area contributed by atoms with Crippen molar-refractivity contribution in [3.8, 4) is 5.75 Å². The molecule has 3 nitrogen and oxygen atoms in total. The molecule has 19 heavy (non-hydrogen) atoms. The SMILES string of the molecule is O=S(=O)(Oc1ccc(F)c(F)c1)c1ccccc1F. The second-order valence-corrected chi connectivity index (χ2v) is 5.06. The Balaban J connectivity index is 2.37. The van der Waals surface area contributed by atoms with Crippen molar-refractivity contribution in [1.29, 1.82) is 0 Å². The van der Waals surface area contributed by atoms with E-state index in [1.807, 2.05) is 0 Å². The molecule has 0 unspecified atom stereocenters. The van der Waals surface area contributed by atoms with E-state index in [4.69, 9.17) is 0 Å². The van der Waals surface area contributed by atoms with E-state index in [0.29, 0.717) is 12.1 Å². The molecule has 0 aliphatic carbocycles. The van der Waals surface area contributed by atoms with Crippen molar-refractivity contribution in [1.82, 2.24) is 0 Å². The van der Waals surface area contributed by atoms with Crippen LogP contribution in [0, 0.1) is 17.5 Å². The van der Waals surface area contributed by atoms with Crippen LogP contribution >= 0.6 is 0 Å². The van der Waals surface area contributed by atoms with Crippen LogP contribution in [0.4, 0.5) is 13.2 Å². The van der Waals surface area contributed by atoms with Gasteiger partial charge in [0.05, 0.1) is 0 Å². The molecular formula is C12H7F3O3S. The summed E-state index contributed by atoms with van der Waals surface area (Å²) in [6.45, 7) is 0. The van der Waals surface area contributed by atoms with Gasteiger partial charge in [0.15, 0.2) is 11.6 Å². The molecule has 0 aliphatic rings. The molecule has 0 amide bonds. The molecule has 100 valence electrons. The lowest BCUT2D eigenvalue weighted by Gasteiger charge is -2.07. The lowest BCUT2D eigenvalue weighted by Crippen LogP contribution is -2.11. The zero-order chi connectivity index (χ0) is 14.0. The van der Waals surface area contributed by atoms with E-state index in [2.05, 4.69) is 4.18 Å². The minimum Gasteiger partial charge on any atom is -0.379 e. The predicted octanol–water partition coefficient (Wildman–Crippen LogP) is 2.87. The first kappa shape index (κ1) is 13.4. The largest absolute Gasteiger partial charge is 0.379 e. The lowest BCUT2D eigenvalue weighted by atomic mass is 10.3. The number of rotatable bonds is 3. The van der Waals surface area contributed by atoms with E-state index >= 15 is 0 Å². The molecule has 2 aromatic rings. The van der Waals surface area contributed by atoms with Gasteiger partial charge in [0, 0.05) is 6.07 Å². The highest BCUT2D eigenvalue weighted by atomic mass is 32.2. The van der Waals surface area contributed by atoms with Gasteiger partial charge in [-0.3, -0.25) is 0 Å². The highest BCUT2D eigenvalue weighted by molar-refractivity contribution is 7.87. The Morgan fingerprint density at radius 3 is 2.16 bits per heavy atom. The maximum Gasteiger partial charge on any atom is 0.342 e. The molecule has 0 aliphatic heterocycles. The van der Waals surface area contributed by atoms with E-state index in [1.165, 1.54) is 12.1 Å². The smallest absolute Gasteiger partial charge is 0.342 e. The Morgan fingerprint density at radius 2 is 1.53 bits per heavy atom. The minimum absolute atomic E-state index is 0.442. The number of hydrogen-bond acceptors (Lipinski definition) is 3. The van der Waals surface area contributed by atoms with Gasteiger partial charge in [0.2, 0.25) is 0 Å². The molecule has 0 saturated heterocycles. The molecule has 0 spiro atoms. The fourth-order valence-electron chi connectivity index (χ4n) is 1.35. The van der Waals surface area contributed by atoms with Crippen LogP contribution in [-0.4, -0.2) is 8.42 Å². The molecule has 7 heteroatoms. The first-order valence-electron chi connectivity index (χ1n) is 5.04. The number of hydrogen-bond donors (Lipinski definition) is 0. The molecule has 0 saturated carbocycles. The Hall–Kier alpha value is -2.02. The topological polar surface area (TPSA) is 43.4 Å². The molecule has 2 aromatic carbocycles. The van der Waals surface area contributed by atoms with Crippen LogP contribution in [-0.2, 0) is 10.1 Å². The van der Waals surface area contributed by atoms with Crippen LogP contribution in [0.5, 0.6) is 5.75 Å². The maximum atomic E-state index is 13.3. The van der Waals surface area contributed by atoms with E-state index in [-0.39, 0.29) is 0 Å². The Kier molecular flexibility index (Phi) is 3.48. The van der Waals surface area contributed by atoms with Crippen LogP contribution in [0.15, 0.2) is 47.4 Å². The van der Waals surface area contributed by atoms with E-state index in [0.717, 1.165) is 18.2 Å². The standard InChI is InChI=1S/C12H7F3O3S/c13-9-6-5-8(7-11(9)15)18-19(16,17)12-4-2-1-3-10(12)14/h1-7H. The van der Waals surface area contributed by atoms with Crippen molar-refractivity contribution in [2.45, 2.75) is 4.90 Å². The second kappa shape index (κ2) is 4.93. The van der Waals surface area contributed by atoms with E-state index < -0.39 is 38.2 Å². The summed E-state index contributed by atoms with van der Waals surface area (Å²) in [7, 11) is -4.44. The molecule has 2 rings (SSSR count). The Bertz CT molecular complexity index is 714. The van der Waals surface area contributed by atoms with E-state index in [1.54, 1.807) is 0 Å². The van der Waals surface area contributed by atoms with Crippen molar-refractivity contribution >= 4 is 10.1 Å². The van der Waals surface area contributed by atoms with Gasteiger partial charge in [-0.2, -0.15) is 8.42 Å². The van der Waals surface area contributed by atoms with Crippen LogP contribution in [0.25, 0.3) is 0 Å². The highest BCUT2D eigenvalue weighted by Gasteiger charge is 2.21. The maximum absolute atomic E-state index is 13.3. The fraction of sp³-hybridized carbons (Fsp3) is 0. The van der Waals surface area contributed by atoms with Crippen molar-refractivity contribution in [2.24, 2.45) is 0 Å². The average molecular weight is 288 g/mol. The third-order valence-corrected chi connectivity index (χ3v) is 3.48. The molecule has 0 atom stereocenters. The summed E-state index contributed by atoms with van der Waals surface area (Å²) in [5.41, 5.74) is 0. The van der Waals surface area contributed by atoms with Gasteiger partial charge in [-0.15, -0.1) is 0 Å². The summed E-state index contributed by atoms with van der Waals surface area (Å²) in [6.07, 6.45) is 0. The zero-order valence-electron chi connectivity index (χ0n) is 9.31. The molecule has 0 radical (unpaired) electrons. The van der Waals surface area contributed by atoms with Crippen molar-refractivity contribution in [3.63, 3.8) is 0 Å². The van der Waals surface area contributed by atoms with Crippen LogP contribution < -0.4 is 4.18 Å². The third-order valence-electron chi connectivity index (χ3n) is 2.20. The van der Waals surface area contributed by atoms with E-state index in [9.17, 15) is 21.6 Å². The Morgan fingerprint density at radius 1 is 0.842 bits per heavy atom. The average Bonchev–Trinajstić information content (AvgIpc) is 2.34. The van der Waals surface area contributed by atoms with Crippen molar-refractivity contribution in [2.75, 3.05) is 0 Å². The Labute approximate surface area is 107 Å². The molecular weight excluding hydrogens is 281 g/mol. The highest BCUT2D eigenvalue weighted by Crippen LogP contribution is 2.22. The summed E-state index contributed by atoms with van der Waals surface area (Å²) in [6, 6.07) is 6.77. The summed E-state index contributed by atoms with van der Waals surface area (Å²) < 4.78 is 66.9. The van der Waals surface area contributed by atoms with Gasteiger partial charge in [0.25, 0.3) is 0 Å². The third kappa shape index (κ3) is 2.87. The second-order valence-electron chi connectivity index (χ2n) is 3.54. The molecule has 0 aromatic heterocycles. The lowest BCUT2D eigenvalue weighted by molar-refractivity contribution is 0.466. The summed E-state index contributed by atoms with van der Waals surface area (Å²) in [5.74, 6) is -3.84.